The van der Waals surface area contributed by atoms with Gasteiger partial charge in [0.05, 0.1) is 0 Å². The van der Waals surface area contributed by atoms with Crippen molar-refractivity contribution in [3.63, 3.8) is 0 Å². The molecule has 0 aromatic heterocycles. The van der Waals surface area contributed by atoms with E-state index >= 15 is 0 Å². The van der Waals surface area contributed by atoms with E-state index < -0.39 is 0 Å². The summed E-state index contributed by atoms with van der Waals surface area (Å²) < 4.78 is 4.81. The van der Waals surface area contributed by atoms with E-state index in [1.165, 1.54) is 0 Å². The fourth-order valence-electron chi connectivity index (χ4n) is 0.431. The van der Waals surface area contributed by atoms with Crippen molar-refractivity contribution in [2.75, 3.05) is 0 Å². The number of hydrogen-bond acceptors (Lipinski definition) is 2. The predicted molar refractivity (Wildman–Crippen MR) is 29.1 cm³/mol. The summed E-state index contributed by atoms with van der Waals surface area (Å²) in [7, 11) is 0. The number of rotatable bonds is 2. The average molecular weight is 113 g/mol. The summed E-state index contributed by atoms with van der Waals surface area (Å²) in [4.78, 5) is 10.4. The SMILES string of the molecule is [CH2]CC(=O)OC1CC1. The number of carbonyl (C=O) groups is 1. The van der Waals surface area contributed by atoms with Gasteiger partial charge in [-0.05, 0) is 19.8 Å². The van der Waals surface area contributed by atoms with E-state index in [-0.39, 0.29) is 18.5 Å². The van der Waals surface area contributed by atoms with Crippen molar-refractivity contribution < 1.29 is 9.53 Å². The maximum absolute atomic E-state index is 10.4. The lowest BCUT2D eigenvalue weighted by atomic mass is 10.5. The molecule has 0 aliphatic heterocycles. The molecular weight excluding hydrogens is 104 g/mol. The second-order valence-electron chi connectivity index (χ2n) is 1.94. The Kier molecular flexibility index (Phi) is 1.51. The van der Waals surface area contributed by atoms with Gasteiger partial charge in [-0.15, -0.1) is 0 Å². The van der Waals surface area contributed by atoms with Gasteiger partial charge < -0.3 is 4.74 Å². The molecule has 0 N–H and O–H groups in total. The van der Waals surface area contributed by atoms with Gasteiger partial charge >= 0.3 is 5.97 Å². The van der Waals surface area contributed by atoms with Crippen molar-refractivity contribution in [3.8, 4) is 0 Å². The van der Waals surface area contributed by atoms with Gasteiger partial charge in [-0.3, -0.25) is 4.79 Å². The van der Waals surface area contributed by atoms with Gasteiger partial charge in [-0.25, -0.2) is 0 Å². The summed E-state index contributed by atoms with van der Waals surface area (Å²) >= 11 is 0. The zero-order chi connectivity index (χ0) is 5.98. The monoisotopic (exact) mass is 113 g/mol. The molecule has 0 unspecified atom stereocenters. The Hall–Kier alpha value is -0.530. The highest BCUT2D eigenvalue weighted by Gasteiger charge is 2.24. The molecule has 0 heterocycles. The summed E-state index contributed by atoms with van der Waals surface area (Å²) in [6.07, 6.45) is 2.60. The lowest BCUT2D eigenvalue weighted by Crippen LogP contribution is -2.03. The molecule has 1 rings (SSSR count). The van der Waals surface area contributed by atoms with Crippen molar-refractivity contribution in [2.24, 2.45) is 0 Å². The van der Waals surface area contributed by atoms with Crippen LogP contribution in [0, 0.1) is 6.92 Å². The van der Waals surface area contributed by atoms with E-state index in [1.807, 2.05) is 0 Å². The lowest BCUT2D eigenvalue weighted by molar-refractivity contribution is -0.143. The lowest BCUT2D eigenvalue weighted by Gasteiger charge is -1.96. The highest BCUT2D eigenvalue weighted by atomic mass is 16.5. The summed E-state index contributed by atoms with van der Waals surface area (Å²) in [5.41, 5.74) is 0. The van der Waals surface area contributed by atoms with Gasteiger partial charge in [0.2, 0.25) is 0 Å². The van der Waals surface area contributed by atoms with E-state index in [9.17, 15) is 4.79 Å². The smallest absolute Gasteiger partial charge is 0.306 e. The first-order valence-electron chi connectivity index (χ1n) is 2.81. The molecule has 1 saturated carbocycles. The molecule has 8 heavy (non-hydrogen) atoms. The predicted octanol–water partition coefficient (Wildman–Crippen LogP) is 0.916. The van der Waals surface area contributed by atoms with Crippen molar-refractivity contribution >= 4 is 5.97 Å². The molecule has 2 nitrogen and oxygen atoms in total. The highest BCUT2D eigenvalue weighted by molar-refractivity contribution is 5.70. The molecule has 0 bridgehead atoms. The average Bonchev–Trinajstić information content (AvgIpc) is 2.50. The van der Waals surface area contributed by atoms with Crippen LogP contribution in [0.4, 0.5) is 0 Å². The molecule has 0 spiro atoms. The second-order valence-corrected chi connectivity index (χ2v) is 1.94. The Labute approximate surface area is 48.8 Å². The molecule has 2 heteroatoms. The molecule has 1 fully saturated rings. The molecule has 0 aromatic carbocycles. The third-order valence-corrected chi connectivity index (χ3v) is 1.03. The van der Waals surface area contributed by atoms with Crippen LogP contribution in [0.5, 0.6) is 0 Å². The Balaban J connectivity index is 2.07. The standard InChI is InChI=1S/C6H9O2/c1-2-6(7)8-5-3-4-5/h5H,1-4H2. The number of carbonyl (C=O) groups excluding carboxylic acids is 1. The quantitative estimate of drug-likeness (QED) is 0.497. The van der Waals surface area contributed by atoms with E-state index in [0.717, 1.165) is 12.8 Å². The molecule has 1 aliphatic carbocycles. The van der Waals surface area contributed by atoms with Crippen LogP contribution in [-0.2, 0) is 9.53 Å². The summed E-state index contributed by atoms with van der Waals surface area (Å²) in [5, 5.41) is 0. The third kappa shape index (κ3) is 1.52. The van der Waals surface area contributed by atoms with Gasteiger partial charge in [0.15, 0.2) is 0 Å². The third-order valence-electron chi connectivity index (χ3n) is 1.03. The fourth-order valence-corrected chi connectivity index (χ4v) is 0.431. The van der Waals surface area contributed by atoms with Gasteiger partial charge in [0.25, 0.3) is 0 Å². The first-order chi connectivity index (χ1) is 3.83. The molecule has 0 amide bonds. The second kappa shape index (κ2) is 2.16. The number of esters is 1. The minimum absolute atomic E-state index is 0.174. The van der Waals surface area contributed by atoms with Gasteiger partial charge in [-0.2, -0.15) is 0 Å². The summed E-state index contributed by atoms with van der Waals surface area (Å²) in [6.45, 7) is 3.39. The van der Waals surface area contributed by atoms with Gasteiger partial charge in [0, 0.05) is 6.42 Å². The molecule has 0 atom stereocenters. The molecule has 1 aliphatic rings. The summed E-state index contributed by atoms with van der Waals surface area (Å²) in [5.74, 6) is -0.174. The van der Waals surface area contributed by atoms with E-state index in [0.29, 0.717) is 0 Å². The van der Waals surface area contributed by atoms with Crippen LogP contribution < -0.4 is 0 Å². The first-order valence-corrected chi connectivity index (χ1v) is 2.81. The highest BCUT2D eigenvalue weighted by Crippen LogP contribution is 2.23. The fraction of sp³-hybridized carbons (Fsp3) is 0.667. The van der Waals surface area contributed by atoms with Crippen molar-refractivity contribution in [2.45, 2.75) is 25.4 Å². The van der Waals surface area contributed by atoms with Crippen LogP contribution in [0.15, 0.2) is 0 Å². The van der Waals surface area contributed by atoms with E-state index in [2.05, 4.69) is 6.92 Å². The Morgan fingerprint density at radius 3 is 2.75 bits per heavy atom. The van der Waals surface area contributed by atoms with Crippen LogP contribution in [0.25, 0.3) is 0 Å². The first kappa shape index (κ1) is 5.60. The van der Waals surface area contributed by atoms with Crippen molar-refractivity contribution in [3.05, 3.63) is 6.92 Å². The zero-order valence-corrected chi connectivity index (χ0v) is 4.72. The Morgan fingerprint density at radius 2 is 2.38 bits per heavy atom. The van der Waals surface area contributed by atoms with Crippen LogP contribution in [0.1, 0.15) is 19.3 Å². The molecule has 45 valence electrons. The van der Waals surface area contributed by atoms with Crippen LogP contribution in [0.2, 0.25) is 0 Å². The van der Waals surface area contributed by atoms with Gasteiger partial charge in [0.1, 0.15) is 6.10 Å². The molecule has 1 radical (unpaired) electrons. The number of hydrogen-bond donors (Lipinski definition) is 0. The minimum atomic E-state index is -0.174. The zero-order valence-electron chi connectivity index (χ0n) is 4.72. The topological polar surface area (TPSA) is 26.3 Å². The minimum Gasteiger partial charge on any atom is -0.462 e. The number of ether oxygens (including phenoxy) is 1. The largest absolute Gasteiger partial charge is 0.462 e. The normalized spacial score (nSPS) is 18.1. The molecule has 0 saturated heterocycles. The maximum atomic E-state index is 10.4. The molecule has 0 aromatic rings. The van der Waals surface area contributed by atoms with Gasteiger partial charge in [-0.1, -0.05) is 0 Å². The Bertz CT molecular complexity index is 94.7. The summed E-state index contributed by atoms with van der Waals surface area (Å²) in [6, 6.07) is 0. The Morgan fingerprint density at radius 1 is 1.75 bits per heavy atom. The molecular formula is C6H9O2. The van der Waals surface area contributed by atoms with Crippen molar-refractivity contribution in [1.29, 1.82) is 0 Å². The van der Waals surface area contributed by atoms with E-state index in [1.54, 1.807) is 0 Å². The van der Waals surface area contributed by atoms with E-state index in [4.69, 9.17) is 4.74 Å². The van der Waals surface area contributed by atoms with Crippen LogP contribution in [-0.4, -0.2) is 12.1 Å². The maximum Gasteiger partial charge on any atom is 0.306 e. The van der Waals surface area contributed by atoms with Crippen molar-refractivity contribution in [1.82, 2.24) is 0 Å². The van der Waals surface area contributed by atoms with Crippen LogP contribution >= 0.6 is 0 Å². The van der Waals surface area contributed by atoms with Crippen LogP contribution in [0.3, 0.4) is 0 Å².